The van der Waals surface area contributed by atoms with E-state index in [9.17, 15) is 61.0 Å². The maximum atomic E-state index is 12.0. The van der Waals surface area contributed by atoms with Gasteiger partial charge in [0, 0.05) is 20.0 Å². The molecule has 0 unspecified atom stereocenters. The predicted molar refractivity (Wildman–Crippen MR) is 181 cm³/mol. The van der Waals surface area contributed by atoms with Crippen LogP contribution < -0.4 is 5.32 Å². The monoisotopic (exact) mass is 803 g/mol. The molecular weight excluding hydrogens is 742 g/mol. The maximum absolute atomic E-state index is 12.0. The molecule has 0 bridgehead atoms. The van der Waals surface area contributed by atoms with Gasteiger partial charge in [0.25, 0.3) is 0 Å². The highest BCUT2D eigenvalue weighted by molar-refractivity contribution is 5.73. The Morgan fingerprint density at radius 2 is 1.15 bits per heavy atom. The second-order valence-electron chi connectivity index (χ2n) is 14.4. The predicted octanol–water partition coefficient (Wildman–Crippen LogP) is -5.19. The molecule has 0 aromatic heterocycles. The van der Waals surface area contributed by atoms with Crippen molar-refractivity contribution in [1.82, 2.24) is 5.32 Å². The van der Waals surface area contributed by atoms with Crippen molar-refractivity contribution in [2.75, 3.05) is 33.0 Å². The first-order valence-electron chi connectivity index (χ1n) is 19.0. The zero-order valence-electron chi connectivity index (χ0n) is 31.0. The molecule has 1 amide bonds. The molecule has 21 nitrogen and oxygen atoms in total. The Balaban J connectivity index is 1.54. The SMILES string of the molecule is CCCCCCCCO[C@@H]1O[C@H](CO[C@H]2O[C@H](CO)[C@@H](O)[C@H](O)[C@@H]2O)C[C@H](O[C@H]2O[C@H](CO)[C@@H](O)[C@H](O)[C@@H]2O[C@@H]2O[C@H](CO)[C@@H](O)[C@H](O)[C@H]2NC(C)=O)[C@@H]1O. The van der Waals surface area contributed by atoms with Crippen molar-refractivity contribution in [3.05, 3.63) is 0 Å². The van der Waals surface area contributed by atoms with Gasteiger partial charge in [-0.2, -0.15) is 0 Å². The maximum Gasteiger partial charge on any atom is 0.217 e. The van der Waals surface area contributed by atoms with Crippen LogP contribution in [0.3, 0.4) is 0 Å². The van der Waals surface area contributed by atoms with Gasteiger partial charge in [-0.3, -0.25) is 4.79 Å². The van der Waals surface area contributed by atoms with Crippen molar-refractivity contribution in [3.63, 3.8) is 0 Å². The summed E-state index contributed by atoms with van der Waals surface area (Å²) in [6, 6.07) is -1.45. The van der Waals surface area contributed by atoms with Crippen LogP contribution >= 0.6 is 0 Å². The lowest BCUT2D eigenvalue weighted by Gasteiger charge is -2.48. The smallest absolute Gasteiger partial charge is 0.217 e. The van der Waals surface area contributed by atoms with Crippen LogP contribution in [0.25, 0.3) is 0 Å². The summed E-state index contributed by atoms with van der Waals surface area (Å²) >= 11 is 0. The molecule has 4 saturated heterocycles. The van der Waals surface area contributed by atoms with Gasteiger partial charge in [0.1, 0.15) is 79.3 Å². The van der Waals surface area contributed by atoms with E-state index in [1.54, 1.807) is 0 Å². The number of aliphatic hydroxyl groups is 11. The molecule has 0 aliphatic carbocycles. The molecule has 0 radical (unpaired) electrons. The van der Waals surface area contributed by atoms with Crippen LogP contribution in [-0.2, 0) is 42.7 Å². The van der Waals surface area contributed by atoms with Gasteiger partial charge in [-0.15, -0.1) is 0 Å². The first-order chi connectivity index (χ1) is 26.3. The standard InChI is InChI=1S/C34H61NO20/c1-3-4-5-6-7-8-9-48-32-25(43)17(10-16(50-32)14-49-33-29(47)27(45)23(41)19(12-37)53-33)51-34-30(28(46)24(42)20(13-38)54-34)55-31-21(35-15(2)39)26(44)22(40)18(11-36)52-31/h16-34,36-38,40-47H,3-14H2,1-2H3,(H,35,39)/t16-,17-,18+,19+,20+,21+,22+,23+,24+,25-,26+,27-,28-,29-,30-,31-,32+,33-,34-/m0/s1. The van der Waals surface area contributed by atoms with Crippen LogP contribution in [0.5, 0.6) is 0 Å². The lowest BCUT2D eigenvalue weighted by atomic mass is 9.95. The average molecular weight is 804 g/mol. The van der Waals surface area contributed by atoms with Crippen molar-refractivity contribution in [2.45, 2.75) is 175 Å². The molecule has 4 fully saturated rings. The minimum absolute atomic E-state index is 0.170. The minimum Gasteiger partial charge on any atom is -0.394 e. The zero-order valence-corrected chi connectivity index (χ0v) is 31.0. The van der Waals surface area contributed by atoms with Crippen molar-refractivity contribution in [1.29, 1.82) is 0 Å². The molecule has 21 heteroatoms. The lowest BCUT2D eigenvalue weighted by molar-refractivity contribution is -0.375. The number of rotatable bonds is 19. The van der Waals surface area contributed by atoms with E-state index in [2.05, 4.69) is 12.2 Å². The fourth-order valence-corrected chi connectivity index (χ4v) is 6.99. The summed E-state index contributed by atoms with van der Waals surface area (Å²) in [5, 5.41) is 117. The van der Waals surface area contributed by atoms with E-state index in [4.69, 9.17) is 37.9 Å². The normalized spacial score (nSPS) is 44.0. The number of ether oxygens (including phenoxy) is 8. The molecule has 322 valence electrons. The van der Waals surface area contributed by atoms with Gasteiger partial charge in [0.05, 0.1) is 38.6 Å². The zero-order chi connectivity index (χ0) is 40.4. The van der Waals surface area contributed by atoms with Crippen LogP contribution in [0.2, 0.25) is 0 Å². The molecule has 55 heavy (non-hydrogen) atoms. The van der Waals surface area contributed by atoms with E-state index in [1.165, 1.54) is 0 Å². The summed E-state index contributed by atoms with van der Waals surface area (Å²) in [5.41, 5.74) is 0. The number of aliphatic hydroxyl groups excluding tert-OH is 11. The quantitative estimate of drug-likeness (QED) is 0.0543. The van der Waals surface area contributed by atoms with Crippen molar-refractivity contribution >= 4 is 5.91 Å². The fraction of sp³-hybridized carbons (Fsp3) is 0.971. The third-order valence-electron chi connectivity index (χ3n) is 10.2. The molecular formula is C34H61NO20. The third kappa shape index (κ3) is 11.9. The molecule has 4 aliphatic heterocycles. The second-order valence-corrected chi connectivity index (χ2v) is 14.4. The van der Waals surface area contributed by atoms with Crippen LogP contribution in [0.4, 0.5) is 0 Å². The van der Waals surface area contributed by atoms with Crippen molar-refractivity contribution < 1.29 is 98.9 Å². The van der Waals surface area contributed by atoms with E-state index in [0.717, 1.165) is 39.0 Å². The summed E-state index contributed by atoms with van der Waals surface area (Å²) in [6.45, 7) is 0.831. The summed E-state index contributed by atoms with van der Waals surface area (Å²) in [7, 11) is 0. The number of carbonyl (C=O) groups excluding carboxylic acids is 1. The van der Waals surface area contributed by atoms with E-state index in [0.29, 0.717) is 6.42 Å². The van der Waals surface area contributed by atoms with E-state index < -0.39 is 142 Å². The first-order valence-corrected chi connectivity index (χ1v) is 19.0. The van der Waals surface area contributed by atoms with Gasteiger partial charge in [-0.05, 0) is 6.42 Å². The Morgan fingerprint density at radius 3 is 1.76 bits per heavy atom. The highest BCUT2D eigenvalue weighted by Crippen LogP contribution is 2.34. The fourth-order valence-electron chi connectivity index (χ4n) is 6.99. The highest BCUT2D eigenvalue weighted by Gasteiger charge is 2.53. The molecule has 4 heterocycles. The lowest BCUT2D eigenvalue weighted by Crippen LogP contribution is -2.68. The Morgan fingerprint density at radius 1 is 0.600 bits per heavy atom. The van der Waals surface area contributed by atoms with Gasteiger partial charge >= 0.3 is 0 Å². The Labute approximate surface area is 318 Å². The Kier molecular flexibility index (Phi) is 18.7. The summed E-state index contributed by atoms with van der Waals surface area (Å²) in [5.74, 6) is -0.654. The molecule has 0 saturated carbocycles. The summed E-state index contributed by atoms with van der Waals surface area (Å²) in [6.07, 6.45) is -22.2. The van der Waals surface area contributed by atoms with Crippen molar-refractivity contribution in [3.8, 4) is 0 Å². The number of carbonyl (C=O) groups is 1. The average Bonchev–Trinajstić information content (AvgIpc) is 3.16. The highest BCUT2D eigenvalue weighted by atomic mass is 16.8. The number of hydrogen-bond acceptors (Lipinski definition) is 20. The molecule has 0 aromatic rings. The molecule has 4 rings (SSSR count). The molecule has 12 N–H and O–H groups in total. The summed E-state index contributed by atoms with van der Waals surface area (Å²) < 4.78 is 46.7. The number of hydrogen-bond donors (Lipinski definition) is 12. The first kappa shape index (κ1) is 46.4. The van der Waals surface area contributed by atoms with Crippen LogP contribution in [0, 0.1) is 0 Å². The number of unbranched alkanes of at least 4 members (excludes halogenated alkanes) is 5. The molecule has 0 aromatic carbocycles. The molecule has 19 atom stereocenters. The van der Waals surface area contributed by atoms with E-state index in [-0.39, 0.29) is 19.6 Å². The Bertz CT molecular complexity index is 1130. The van der Waals surface area contributed by atoms with Gasteiger partial charge in [0.2, 0.25) is 5.91 Å². The van der Waals surface area contributed by atoms with Gasteiger partial charge in [-0.25, -0.2) is 0 Å². The van der Waals surface area contributed by atoms with E-state index >= 15 is 0 Å². The Hall–Kier alpha value is -1.29. The molecule has 0 spiro atoms. The van der Waals surface area contributed by atoms with Gasteiger partial charge in [-0.1, -0.05) is 39.0 Å². The number of nitrogens with one attached hydrogen (secondary N) is 1. The van der Waals surface area contributed by atoms with Crippen LogP contribution in [0.1, 0.15) is 58.8 Å². The summed E-state index contributed by atoms with van der Waals surface area (Å²) in [4.78, 5) is 12.0. The minimum atomic E-state index is -1.86. The van der Waals surface area contributed by atoms with Crippen LogP contribution in [0.15, 0.2) is 0 Å². The third-order valence-corrected chi connectivity index (χ3v) is 10.2. The van der Waals surface area contributed by atoms with Crippen molar-refractivity contribution in [2.24, 2.45) is 0 Å². The topological polar surface area (TPSA) is 325 Å². The largest absolute Gasteiger partial charge is 0.394 e. The van der Waals surface area contributed by atoms with Gasteiger partial charge < -0.3 is 99.4 Å². The number of amides is 1. The molecule has 4 aliphatic rings. The van der Waals surface area contributed by atoms with Gasteiger partial charge in [0.15, 0.2) is 25.2 Å². The second kappa shape index (κ2) is 22.2. The van der Waals surface area contributed by atoms with Crippen LogP contribution in [-0.4, -0.2) is 212 Å². The van der Waals surface area contributed by atoms with E-state index in [1.807, 2.05) is 0 Å².